The normalized spacial score (nSPS) is 11.1. The van der Waals surface area contributed by atoms with Crippen LogP contribution in [0.5, 0.6) is 0 Å². The minimum absolute atomic E-state index is 0.0116. The number of nitrogen functional groups attached to an aromatic ring is 1. The van der Waals surface area contributed by atoms with Gasteiger partial charge in [0.05, 0.1) is 5.02 Å². The highest BCUT2D eigenvalue weighted by Crippen LogP contribution is 2.29. The topological polar surface area (TPSA) is 61.2 Å². The van der Waals surface area contributed by atoms with E-state index < -0.39 is 11.6 Å². The second-order valence-electron chi connectivity index (χ2n) is 2.86. The molecule has 0 aliphatic heterocycles. The first kappa shape index (κ1) is 9.08. The van der Waals surface area contributed by atoms with E-state index in [0.717, 1.165) is 6.07 Å². The molecule has 0 spiro atoms. The Bertz CT molecular complexity index is 573. The average Bonchev–Trinajstić information content (AvgIpc) is 2.40. The molecule has 0 atom stereocenters. The summed E-state index contributed by atoms with van der Waals surface area (Å²) in [6, 6.07) is 1.05. The molecule has 1 aromatic carbocycles. The van der Waals surface area contributed by atoms with Crippen molar-refractivity contribution in [2.75, 3.05) is 5.73 Å². The zero-order chi connectivity index (χ0) is 10.5. The fourth-order valence-electron chi connectivity index (χ4n) is 1.26. The van der Waals surface area contributed by atoms with Gasteiger partial charge in [0, 0.05) is 7.05 Å². The van der Waals surface area contributed by atoms with Crippen LogP contribution in [0.4, 0.5) is 10.1 Å². The number of benzene rings is 1. The molecule has 0 bridgehead atoms. The summed E-state index contributed by atoms with van der Waals surface area (Å²) in [7, 11) is 1.47. The first-order valence-electron chi connectivity index (χ1n) is 3.75. The third-order valence-corrected chi connectivity index (χ3v) is 2.28. The smallest absolute Gasteiger partial charge is 0.405 e. The zero-order valence-corrected chi connectivity index (χ0v) is 7.93. The molecule has 0 radical (unpaired) electrons. The highest BCUT2D eigenvalue weighted by molar-refractivity contribution is 6.35. The Kier molecular flexibility index (Phi) is 1.78. The van der Waals surface area contributed by atoms with Crippen LogP contribution in [0.2, 0.25) is 5.02 Å². The monoisotopic (exact) mass is 216 g/mol. The van der Waals surface area contributed by atoms with Crippen LogP contribution in [0.15, 0.2) is 15.3 Å². The molecular formula is C8H6ClFN2O2. The van der Waals surface area contributed by atoms with Gasteiger partial charge in [-0.25, -0.2) is 9.18 Å². The number of halogens is 2. The summed E-state index contributed by atoms with van der Waals surface area (Å²) < 4.78 is 19.0. The molecule has 1 heterocycles. The van der Waals surface area contributed by atoms with E-state index in [1.807, 2.05) is 0 Å². The van der Waals surface area contributed by atoms with E-state index in [1.54, 1.807) is 0 Å². The second-order valence-corrected chi connectivity index (χ2v) is 3.27. The highest BCUT2D eigenvalue weighted by Gasteiger charge is 2.16. The molecule has 14 heavy (non-hydrogen) atoms. The number of oxazole rings is 1. The van der Waals surface area contributed by atoms with Gasteiger partial charge in [0.1, 0.15) is 11.2 Å². The maximum Gasteiger partial charge on any atom is 0.419 e. The molecule has 2 rings (SSSR count). The van der Waals surface area contributed by atoms with Crippen LogP contribution in [-0.2, 0) is 7.05 Å². The van der Waals surface area contributed by atoms with Gasteiger partial charge in [-0.3, -0.25) is 4.57 Å². The van der Waals surface area contributed by atoms with Crippen molar-refractivity contribution < 1.29 is 8.81 Å². The number of anilines is 1. The van der Waals surface area contributed by atoms with Crippen LogP contribution in [0.1, 0.15) is 0 Å². The van der Waals surface area contributed by atoms with Gasteiger partial charge in [0.2, 0.25) is 0 Å². The van der Waals surface area contributed by atoms with E-state index in [0.29, 0.717) is 5.52 Å². The van der Waals surface area contributed by atoms with Crippen molar-refractivity contribution in [3.05, 3.63) is 27.5 Å². The Balaban J connectivity index is 3.09. The van der Waals surface area contributed by atoms with Crippen LogP contribution in [0.25, 0.3) is 11.1 Å². The molecule has 6 heteroatoms. The molecule has 0 saturated heterocycles. The Morgan fingerprint density at radius 1 is 1.64 bits per heavy atom. The van der Waals surface area contributed by atoms with Gasteiger partial charge in [-0.1, -0.05) is 11.6 Å². The summed E-state index contributed by atoms with van der Waals surface area (Å²) in [5, 5.41) is 0.0973. The zero-order valence-electron chi connectivity index (χ0n) is 7.17. The number of hydrogen-bond donors (Lipinski definition) is 1. The molecule has 0 aliphatic rings. The molecule has 2 aromatic rings. The van der Waals surface area contributed by atoms with Crippen molar-refractivity contribution in [1.29, 1.82) is 0 Å². The van der Waals surface area contributed by atoms with Crippen LogP contribution in [0.3, 0.4) is 0 Å². The predicted octanol–water partition coefficient (Wildman–Crippen LogP) is 1.51. The van der Waals surface area contributed by atoms with E-state index in [9.17, 15) is 9.18 Å². The summed E-state index contributed by atoms with van der Waals surface area (Å²) in [5.41, 5.74) is 5.47. The van der Waals surface area contributed by atoms with E-state index in [-0.39, 0.29) is 16.3 Å². The number of rotatable bonds is 0. The number of nitrogens with zero attached hydrogens (tertiary/aromatic N) is 1. The Labute approximate surface area is 82.7 Å². The van der Waals surface area contributed by atoms with Crippen molar-refractivity contribution in [2.24, 2.45) is 7.05 Å². The highest BCUT2D eigenvalue weighted by atomic mass is 35.5. The summed E-state index contributed by atoms with van der Waals surface area (Å²) in [6.45, 7) is 0. The van der Waals surface area contributed by atoms with Crippen LogP contribution < -0.4 is 11.5 Å². The van der Waals surface area contributed by atoms with E-state index >= 15 is 0 Å². The van der Waals surface area contributed by atoms with Crippen molar-refractivity contribution in [3.63, 3.8) is 0 Å². The van der Waals surface area contributed by atoms with Crippen LogP contribution >= 0.6 is 11.6 Å². The number of aryl methyl sites for hydroxylation is 1. The van der Waals surface area contributed by atoms with E-state index in [2.05, 4.69) is 0 Å². The van der Waals surface area contributed by atoms with Gasteiger partial charge in [-0.2, -0.15) is 0 Å². The number of hydrogen-bond acceptors (Lipinski definition) is 3. The van der Waals surface area contributed by atoms with Crippen molar-refractivity contribution in [3.8, 4) is 0 Å². The predicted molar refractivity (Wildman–Crippen MR) is 50.8 cm³/mol. The molecule has 0 saturated carbocycles. The summed E-state index contributed by atoms with van der Waals surface area (Å²) in [6.07, 6.45) is 0. The summed E-state index contributed by atoms with van der Waals surface area (Å²) in [4.78, 5) is 11.1. The number of aromatic nitrogens is 1. The Morgan fingerprint density at radius 3 is 2.93 bits per heavy atom. The van der Waals surface area contributed by atoms with Gasteiger partial charge in [-0.05, 0) is 6.07 Å². The minimum atomic E-state index is -0.697. The lowest BCUT2D eigenvalue weighted by Crippen LogP contribution is -2.08. The van der Waals surface area contributed by atoms with Crippen LogP contribution in [0, 0.1) is 5.82 Å². The molecule has 4 nitrogen and oxygen atoms in total. The molecule has 2 N–H and O–H groups in total. The largest absolute Gasteiger partial charge is 0.419 e. The van der Waals surface area contributed by atoms with Gasteiger partial charge >= 0.3 is 5.76 Å². The molecule has 1 aromatic heterocycles. The van der Waals surface area contributed by atoms with Gasteiger partial charge in [0.25, 0.3) is 0 Å². The lowest BCUT2D eigenvalue weighted by Gasteiger charge is -1.99. The molecule has 0 aliphatic carbocycles. The standard InChI is InChI=1S/C8H6ClFN2O2/c1-12-6-3(9)2-4(10)5(11)7(6)14-8(12)13/h2H,11H2,1H3. The quantitative estimate of drug-likeness (QED) is 0.679. The lowest BCUT2D eigenvalue weighted by atomic mass is 10.2. The molecule has 0 amide bonds. The minimum Gasteiger partial charge on any atom is -0.405 e. The molecule has 0 unspecified atom stereocenters. The van der Waals surface area contributed by atoms with Gasteiger partial charge in [-0.15, -0.1) is 0 Å². The second kappa shape index (κ2) is 2.75. The maximum atomic E-state index is 13.1. The first-order valence-corrected chi connectivity index (χ1v) is 4.13. The maximum absolute atomic E-state index is 13.1. The Hall–Kier alpha value is -1.49. The third-order valence-electron chi connectivity index (χ3n) is 2.00. The van der Waals surface area contributed by atoms with Crippen LogP contribution in [-0.4, -0.2) is 4.57 Å². The number of fused-ring (bicyclic) bond motifs is 1. The molecular weight excluding hydrogens is 211 g/mol. The van der Waals surface area contributed by atoms with E-state index in [1.165, 1.54) is 11.6 Å². The average molecular weight is 217 g/mol. The first-order chi connectivity index (χ1) is 6.52. The lowest BCUT2D eigenvalue weighted by molar-refractivity contribution is 0.527. The summed E-state index contributed by atoms with van der Waals surface area (Å²) >= 11 is 5.74. The fourth-order valence-corrected chi connectivity index (χ4v) is 1.57. The van der Waals surface area contributed by atoms with Crippen molar-refractivity contribution >= 4 is 28.4 Å². The number of nitrogens with two attached hydrogens (primary N) is 1. The fraction of sp³-hybridized carbons (Fsp3) is 0.125. The van der Waals surface area contributed by atoms with Crippen molar-refractivity contribution in [1.82, 2.24) is 4.57 Å². The van der Waals surface area contributed by atoms with Crippen molar-refractivity contribution in [2.45, 2.75) is 0 Å². The van der Waals surface area contributed by atoms with Gasteiger partial charge in [0.15, 0.2) is 11.4 Å². The third kappa shape index (κ3) is 1.02. The van der Waals surface area contributed by atoms with E-state index in [4.69, 9.17) is 21.8 Å². The van der Waals surface area contributed by atoms with Gasteiger partial charge < -0.3 is 10.2 Å². The molecule has 0 fully saturated rings. The SMILES string of the molecule is Cn1c(=O)oc2c(N)c(F)cc(Cl)c21. The molecule has 74 valence electrons. The Morgan fingerprint density at radius 2 is 2.29 bits per heavy atom. The summed E-state index contributed by atoms with van der Waals surface area (Å²) in [5.74, 6) is -1.32.